The van der Waals surface area contributed by atoms with Crippen LogP contribution in [0.4, 0.5) is 0 Å². The van der Waals surface area contributed by atoms with Crippen molar-refractivity contribution in [1.29, 1.82) is 0 Å². The van der Waals surface area contributed by atoms with Crippen molar-refractivity contribution in [1.82, 2.24) is 5.32 Å². The summed E-state index contributed by atoms with van der Waals surface area (Å²) < 4.78 is 0. The lowest BCUT2D eigenvalue weighted by molar-refractivity contribution is -0.136. The molecule has 16 heavy (non-hydrogen) atoms. The average Bonchev–Trinajstić information content (AvgIpc) is 2.25. The Bertz CT molecular complexity index is 341. The quantitative estimate of drug-likeness (QED) is 0.812. The second-order valence-corrected chi connectivity index (χ2v) is 4.58. The summed E-state index contributed by atoms with van der Waals surface area (Å²) in [5, 5.41) is 12.2. The van der Waals surface area contributed by atoms with E-state index in [-0.39, 0.29) is 11.8 Å². The van der Waals surface area contributed by atoms with Crippen LogP contribution in [0.1, 0.15) is 32.3 Å². The second kappa shape index (κ2) is 5.12. The summed E-state index contributed by atoms with van der Waals surface area (Å²) in [6.45, 7) is 5.54. The molecule has 0 spiro atoms. The summed E-state index contributed by atoms with van der Waals surface area (Å²) in [6.07, 6.45) is 0. The molecule has 88 valence electrons. The minimum Gasteiger partial charge on any atom is -0.381 e. The predicted octanol–water partition coefficient (Wildman–Crippen LogP) is 1.68. The molecule has 1 atom stereocenters. The number of rotatable bonds is 4. The molecule has 0 aliphatic heterocycles. The van der Waals surface area contributed by atoms with E-state index in [9.17, 15) is 9.90 Å². The Hall–Kier alpha value is -1.35. The molecule has 0 aliphatic carbocycles. The van der Waals surface area contributed by atoms with Gasteiger partial charge in [-0.25, -0.2) is 0 Å². The number of hydrogen-bond donors (Lipinski definition) is 2. The SMILES string of the molecule is CC(CNC(=O)C(C)(C)O)c1ccccc1. The van der Waals surface area contributed by atoms with Crippen LogP contribution in [0.2, 0.25) is 0 Å². The molecule has 2 N–H and O–H groups in total. The van der Waals surface area contributed by atoms with Crippen LogP contribution >= 0.6 is 0 Å². The van der Waals surface area contributed by atoms with Crippen LogP contribution < -0.4 is 5.32 Å². The van der Waals surface area contributed by atoms with Gasteiger partial charge in [0.25, 0.3) is 5.91 Å². The second-order valence-electron chi connectivity index (χ2n) is 4.58. The van der Waals surface area contributed by atoms with Gasteiger partial charge in [-0.15, -0.1) is 0 Å². The van der Waals surface area contributed by atoms with E-state index >= 15 is 0 Å². The number of carbonyl (C=O) groups is 1. The maximum absolute atomic E-state index is 11.4. The van der Waals surface area contributed by atoms with Gasteiger partial charge in [-0.1, -0.05) is 37.3 Å². The highest BCUT2D eigenvalue weighted by Crippen LogP contribution is 2.13. The molecule has 1 aromatic carbocycles. The fraction of sp³-hybridized carbons (Fsp3) is 0.462. The van der Waals surface area contributed by atoms with Crippen LogP contribution in [-0.2, 0) is 4.79 Å². The van der Waals surface area contributed by atoms with Crippen molar-refractivity contribution in [3.05, 3.63) is 35.9 Å². The Kier molecular flexibility index (Phi) is 4.07. The van der Waals surface area contributed by atoms with Gasteiger partial charge in [-0.2, -0.15) is 0 Å². The highest BCUT2D eigenvalue weighted by Gasteiger charge is 2.23. The zero-order chi connectivity index (χ0) is 12.2. The Morgan fingerprint density at radius 2 is 1.94 bits per heavy atom. The Labute approximate surface area is 96.5 Å². The van der Waals surface area contributed by atoms with E-state index in [0.717, 1.165) is 0 Å². The molecule has 0 aliphatic rings. The molecule has 3 heteroatoms. The molecule has 1 aromatic rings. The smallest absolute Gasteiger partial charge is 0.251 e. The fourth-order valence-electron chi connectivity index (χ4n) is 1.36. The number of hydrogen-bond acceptors (Lipinski definition) is 2. The number of aliphatic hydroxyl groups is 1. The molecule has 0 radical (unpaired) electrons. The van der Waals surface area contributed by atoms with Crippen molar-refractivity contribution in [2.24, 2.45) is 0 Å². The Morgan fingerprint density at radius 3 is 2.44 bits per heavy atom. The monoisotopic (exact) mass is 221 g/mol. The topological polar surface area (TPSA) is 49.3 Å². The maximum atomic E-state index is 11.4. The van der Waals surface area contributed by atoms with E-state index in [1.165, 1.54) is 19.4 Å². The summed E-state index contributed by atoms with van der Waals surface area (Å²) in [6, 6.07) is 9.97. The number of carbonyl (C=O) groups excluding carboxylic acids is 1. The minimum atomic E-state index is -1.31. The van der Waals surface area contributed by atoms with Gasteiger partial charge < -0.3 is 10.4 Å². The van der Waals surface area contributed by atoms with Gasteiger partial charge in [0.2, 0.25) is 0 Å². The summed E-state index contributed by atoms with van der Waals surface area (Å²) >= 11 is 0. The van der Waals surface area contributed by atoms with Crippen molar-refractivity contribution in [3.8, 4) is 0 Å². The van der Waals surface area contributed by atoms with E-state index in [2.05, 4.69) is 5.32 Å². The third-order valence-corrected chi connectivity index (χ3v) is 2.49. The molecule has 0 saturated carbocycles. The van der Waals surface area contributed by atoms with Gasteiger partial charge in [-0.05, 0) is 25.3 Å². The van der Waals surface area contributed by atoms with Crippen LogP contribution in [0.3, 0.4) is 0 Å². The van der Waals surface area contributed by atoms with E-state index in [4.69, 9.17) is 0 Å². The van der Waals surface area contributed by atoms with E-state index in [0.29, 0.717) is 6.54 Å². The third-order valence-electron chi connectivity index (χ3n) is 2.49. The van der Waals surface area contributed by atoms with Crippen LogP contribution in [0.5, 0.6) is 0 Å². The molecule has 0 bridgehead atoms. The molecule has 0 fully saturated rings. The normalized spacial score (nSPS) is 13.2. The van der Waals surface area contributed by atoms with Gasteiger partial charge in [0.1, 0.15) is 5.60 Å². The van der Waals surface area contributed by atoms with Crippen molar-refractivity contribution in [3.63, 3.8) is 0 Å². The maximum Gasteiger partial charge on any atom is 0.251 e. The Morgan fingerprint density at radius 1 is 1.38 bits per heavy atom. The fourth-order valence-corrected chi connectivity index (χ4v) is 1.36. The first kappa shape index (κ1) is 12.7. The van der Waals surface area contributed by atoms with E-state index in [1.807, 2.05) is 37.3 Å². The Balaban J connectivity index is 2.48. The summed E-state index contributed by atoms with van der Waals surface area (Å²) in [4.78, 5) is 11.4. The third kappa shape index (κ3) is 3.66. The molecule has 0 aromatic heterocycles. The molecule has 0 heterocycles. The summed E-state index contributed by atoms with van der Waals surface area (Å²) in [7, 11) is 0. The highest BCUT2D eigenvalue weighted by molar-refractivity contribution is 5.83. The van der Waals surface area contributed by atoms with Crippen LogP contribution in [0, 0.1) is 0 Å². The first-order chi connectivity index (χ1) is 7.41. The number of benzene rings is 1. The van der Waals surface area contributed by atoms with Crippen molar-refractivity contribution < 1.29 is 9.90 Å². The van der Waals surface area contributed by atoms with Crippen molar-refractivity contribution in [2.45, 2.75) is 32.3 Å². The molecular weight excluding hydrogens is 202 g/mol. The highest BCUT2D eigenvalue weighted by atomic mass is 16.3. The zero-order valence-electron chi connectivity index (χ0n) is 10.0. The van der Waals surface area contributed by atoms with E-state index < -0.39 is 5.60 Å². The molecule has 1 amide bonds. The summed E-state index contributed by atoms with van der Waals surface area (Å²) in [5.41, 5.74) is -0.130. The number of amides is 1. The zero-order valence-corrected chi connectivity index (χ0v) is 10.0. The lowest BCUT2D eigenvalue weighted by Crippen LogP contribution is -2.43. The molecule has 3 nitrogen and oxygen atoms in total. The number of nitrogens with one attached hydrogen (secondary N) is 1. The first-order valence-electron chi connectivity index (χ1n) is 5.47. The molecule has 1 unspecified atom stereocenters. The van der Waals surface area contributed by atoms with Gasteiger partial charge in [0.15, 0.2) is 0 Å². The molecular formula is C13H19NO2. The van der Waals surface area contributed by atoms with Crippen LogP contribution in [0.25, 0.3) is 0 Å². The van der Waals surface area contributed by atoms with Gasteiger partial charge >= 0.3 is 0 Å². The van der Waals surface area contributed by atoms with Crippen LogP contribution in [-0.4, -0.2) is 23.2 Å². The van der Waals surface area contributed by atoms with Crippen molar-refractivity contribution >= 4 is 5.91 Å². The van der Waals surface area contributed by atoms with Gasteiger partial charge in [0.05, 0.1) is 0 Å². The first-order valence-corrected chi connectivity index (χ1v) is 5.47. The summed E-state index contributed by atoms with van der Waals surface area (Å²) in [5.74, 6) is -0.0946. The lowest BCUT2D eigenvalue weighted by atomic mass is 10.0. The molecule has 0 saturated heterocycles. The van der Waals surface area contributed by atoms with Crippen LogP contribution in [0.15, 0.2) is 30.3 Å². The lowest BCUT2D eigenvalue weighted by Gasteiger charge is -2.19. The average molecular weight is 221 g/mol. The van der Waals surface area contributed by atoms with Gasteiger partial charge in [0, 0.05) is 6.54 Å². The largest absolute Gasteiger partial charge is 0.381 e. The van der Waals surface area contributed by atoms with Crippen molar-refractivity contribution in [2.75, 3.05) is 6.54 Å². The molecule has 1 rings (SSSR count). The predicted molar refractivity (Wildman–Crippen MR) is 64.2 cm³/mol. The minimum absolute atomic E-state index is 0.243. The van der Waals surface area contributed by atoms with E-state index in [1.54, 1.807) is 0 Å². The van der Waals surface area contributed by atoms with Gasteiger partial charge in [-0.3, -0.25) is 4.79 Å². The standard InChI is InChI=1S/C13H19NO2/c1-10(11-7-5-4-6-8-11)9-14-12(15)13(2,3)16/h4-8,10,16H,9H2,1-3H3,(H,14,15).